The Morgan fingerprint density at radius 3 is 2.26 bits per heavy atom. The molecule has 2 nitrogen and oxygen atoms in total. The van der Waals surface area contributed by atoms with E-state index in [2.05, 4.69) is 42.6 Å². The van der Waals surface area contributed by atoms with E-state index >= 15 is 0 Å². The predicted molar refractivity (Wildman–Crippen MR) is 116 cm³/mol. The second-order valence-corrected chi connectivity index (χ2v) is 10.8. The Bertz CT molecular complexity index is 690. The molecule has 4 bridgehead atoms. The van der Waals surface area contributed by atoms with Crippen LogP contribution in [0.1, 0.15) is 70.3 Å². The zero-order chi connectivity index (χ0) is 18.6. The van der Waals surface area contributed by atoms with Crippen LogP contribution in [0.25, 0.3) is 0 Å². The third-order valence-electron chi connectivity index (χ3n) is 8.75. The Kier molecular flexibility index (Phi) is 4.40. The second-order valence-electron chi connectivity index (χ2n) is 10.4. The van der Waals surface area contributed by atoms with Gasteiger partial charge in [-0.15, -0.1) is 0 Å². The van der Waals surface area contributed by atoms with Gasteiger partial charge in [-0.2, -0.15) is 0 Å². The first-order chi connectivity index (χ1) is 13.0. The van der Waals surface area contributed by atoms with Crippen molar-refractivity contribution < 1.29 is 0 Å². The average Bonchev–Trinajstić information content (AvgIpc) is 2.68. The first-order valence-electron chi connectivity index (χ1n) is 11.1. The van der Waals surface area contributed by atoms with Crippen LogP contribution >= 0.6 is 12.2 Å². The summed E-state index contributed by atoms with van der Waals surface area (Å²) < 4.78 is 0. The van der Waals surface area contributed by atoms with E-state index < -0.39 is 0 Å². The van der Waals surface area contributed by atoms with Crippen molar-refractivity contribution in [2.24, 2.45) is 28.9 Å². The zero-order valence-electron chi connectivity index (χ0n) is 16.6. The molecular formula is C24H34N2S. The summed E-state index contributed by atoms with van der Waals surface area (Å²) in [6.07, 6.45) is 11.3. The molecule has 5 aliphatic carbocycles. The smallest absolute Gasteiger partial charge is 0.0818 e. The molecule has 0 radical (unpaired) electrons. The van der Waals surface area contributed by atoms with Crippen LogP contribution in [0.15, 0.2) is 30.3 Å². The first kappa shape index (κ1) is 18.1. The van der Waals surface area contributed by atoms with Crippen molar-refractivity contribution in [1.29, 1.82) is 0 Å². The van der Waals surface area contributed by atoms with Crippen molar-refractivity contribution >= 4 is 17.2 Å². The standard InChI is InChI=1S/C24H34N2S/c1-16-17-11-23(19-5-3-2-4-6-19)12-18(16)14-24(13-17,15-23)22(27)26-21-9-7-20(25)8-10-21/h2-6,16-18,20-21H,7-15,25H2,1H3,(H,26,27)/t16?,17?,18?,20-,21-,23?,24?. The van der Waals surface area contributed by atoms with Gasteiger partial charge in [0.05, 0.1) is 4.99 Å². The van der Waals surface area contributed by atoms with Gasteiger partial charge in [0.25, 0.3) is 0 Å². The van der Waals surface area contributed by atoms with Crippen molar-refractivity contribution in [3.8, 4) is 0 Å². The number of thiocarbonyl (C=S) groups is 1. The zero-order valence-corrected chi connectivity index (χ0v) is 17.4. The van der Waals surface area contributed by atoms with E-state index in [-0.39, 0.29) is 5.41 Å². The topological polar surface area (TPSA) is 38.0 Å². The Labute approximate surface area is 169 Å². The fourth-order valence-corrected chi connectivity index (χ4v) is 7.79. The summed E-state index contributed by atoms with van der Waals surface area (Å²) >= 11 is 6.15. The third kappa shape index (κ3) is 2.97. The lowest BCUT2D eigenvalue weighted by molar-refractivity contribution is -0.0749. The van der Waals surface area contributed by atoms with Crippen molar-refractivity contribution in [1.82, 2.24) is 5.32 Å². The normalized spacial score (nSPS) is 45.6. The predicted octanol–water partition coefficient (Wildman–Crippen LogP) is 4.96. The van der Waals surface area contributed by atoms with Crippen LogP contribution in [0.5, 0.6) is 0 Å². The van der Waals surface area contributed by atoms with Crippen LogP contribution in [0, 0.1) is 23.2 Å². The van der Waals surface area contributed by atoms with Gasteiger partial charge < -0.3 is 11.1 Å². The molecule has 6 rings (SSSR count). The summed E-state index contributed by atoms with van der Waals surface area (Å²) in [6, 6.07) is 12.3. The molecule has 5 saturated carbocycles. The van der Waals surface area contributed by atoms with Crippen molar-refractivity contribution in [3.63, 3.8) is 0 Å². The number of hydrogen-bond donors (Lipinski definition) is 2. The van der Waals surface area contributed by atoms with Gasteiger partial charge in [0.15, 0.2) is 0 Å². The number of rotatable bonds is 3. The molecule has 3 heteroatoms. The van der Waals surface area contributed by atoms with Crippen LogP contribution in [0.3, 0.4) is 0 Å². The third-order valence-corrected chi connectivity index (χ3v) is 9.30. The molecule has 5 fully saturated rings. The van der Waals surface area contributed by atoms with Crippen LogP contribution in [0.2, 0.25) is 0 Å². The molecule has 1 aromatic rings. The Hall–Kier alpha value is -0.930. The fourth-order valence-electron chi connectivity index (χ4n) is 7.38. The molecule has 1 aromatic carbocycles. The van der Waals surface area contributed by atoms with Gasteiger partial charge in [-0.1, -0.05) is 49.5 Å². The maximum Gasteiger partial charge on any atom is 0.0818 e. The number of hydrogen-bond acceptors (Lipinski definition) is 2. The summed E-state index contributed by atoms with van der Waals surface area (Å²) in [5.41, 5.74) is 8.28. The van der Waals surface area contributed by atoms with Crippen LogP contribution in [0.4, 0.5) is 0 Å². The molecule has 5 aliphatic rings. The van der Waals surface area contributed by atoms with E-state index in [0.717, 1.165) is 30.6 Å². The van der Waals surface area contributed by atoms with E-state index in [0.29, 0.717) is 17.5 Å². The molecule has 3 N–H and O–H groups in total. The quantitative estimate of drug-likeness (QED) is 0.726. The number of nitrogens with one attached hydrogen (secondary N) is 1. The molecular weight excluding hydrogens is 348 g/mol. The minimum Gasteiger partial charge on any atom is -0.376 e. The van der Waals surface area contributed by atoms with E-state index in [1.807, 2.05) is 0 Å². The number of benzene rings is 1. The van der Waals surface area contributed by atoms with Crippen LogP contribution < -0.4 is 11.1 Å². The highest BCUT2D eigenvalue weighted by Crippen LogP contribution is 2.67. The van der Waals surface area contributed by atoms with Gasteiger partial charge >= 0.3 is 0 Å². The summed E-state index contributed by atoms with van der Waals surface area (Å²) in [6.45, 7) is 2.51. The van der Waals surface area contributed by atoms with E-state index in [1.165, 1.54) is 49.9 Å². The molecule has 0 heterocycles. The first-order valence-corrected chi connectivity index (χ1v) is 11.5. The van der Waals surface area contributed by atoms with Crippen molar-refractivity contribution in [2.75, 3.05) is 0 Å². The Morgan fingerprint density at radius 2 is 1.63 bits per heavy atom. The minimum absolute atomic E-state index is 0.239. The van der Waals surface area contributed by atoms with E-state index in [4.69, 9.17) is 18.0 Å². The van der Waals surface area contributed by atoms with Gasteiger partial charge in [-0.25, -0.2) is 0 Å². The largest absolute Gasteiger partial charge is 0.376 e. The number of nitrogens with two attached hydrogens (primary N) is 1. The SMILES string of the molecule is CC1C2CC3(C(=S)N[C@H]4CC[C@H](N)CC4)CC1CC(c1ccccc1)(C2)C3. The highest BCUT2D eigenvalue weighted by atomic mass is 32.1. The lowest BCUT2D eigenvalue weighted by Crippen LogP contribution is -2.61. The maximum atomic E-state index is 6.15. The lowest BCUT2D eigenvalue weighted by atomic mass is 9.40. The molecule has 0 spiro atoms. The summed E-state index contributed by atoms with van der Waals surface area (Å²) in [5.74, 6) is 2.54. The molecule has 146 valence electrons. The fraction of sp³-hybridized carbons (Fsp3) is 0.708. The Morgan fingerprint density at radius 1 is 1.00 bits per heavy atom. The van der Waals surface area contributed by atoms with E-state index in [1.54, 1.807) is 5.56 Å². The molecule has 2 atom stereocenters. The van der Waals surface area contributed by atoms with Crippen molar-refractivity contribution in [3.05, 3.63) is 35.9 Å². The maximum absolute atomic E-state index is 6.15. The van der Waals surface area contributed by atoms with Crippen LogP contribution in [-0.2, 0) is 5.41 Å². The second kappa shape index (κ2) is 6.56. The summed E-state index contributed by atoms with van der Waals surface area (Å²) in [5, 5.41) is 3.86. The monoisotopic (exact) mass is 382 g/mol. The van der Waals surface area contributed by atoms with Gasteiger partial charge in [-0.3, -0.25) is 0 Å². The summed E-state index contributed by atoms with van der Waals surface area (Å²) in [4.78, 5) is 1.20. The van der Waals surface area contributed by atoms with Gasteiger partial charge in [-0.05, 0) is 86.5 Å². The molecule has 0 aliphatic heterocycles. The highest BCUT2D eigenvalue weighted by molar-refractivity contribution is 7.80. The molecule has 0 amide bonds. The molecule has 27 heavy (non-hydrogen) atoms. The van der Waals surface area contributed by atoms with Crippen LogP contribution in [-0.4, -0.2) is 17.1 Å². The molecule has 0 saturated heterocycles. The molecule has 2 unspecified atom stereocenters. The summed E-state index contributed by atoms with van der Waals surface area (Å²) in [7, 11) is 0. The van der Waals surface area contributed by atoms with Gasteiger partial charge in [0.2, 0.25) is 0 Å². The molecule has 0 aromatic heterocycles. The van der Waals surface area contributed by atoms with Crippen molar-refractivity contribution in [2.45, 2.75) is 82.2 Å². The highest BCUT2D eigenvalue weighted by Gasteiger charge is 2.61. The van der Waals surface area contributed by atoms with Gasteiger partial charge in [0.1, 0.15) is 0 Å². The van der Waals surface area contributed by atoms with E-state index in [9.17, 15) is 0 Å². The van der Waals surface area contributed by atoms with Gasteiger partial charge in [0, 0.05) is 17.5 Å². The lowest BCUT2D eigenvalue weighted by Gasteiger charge is -2.65. The Balaban J connectivity index is 1.41. The minimum atomic E-state index is 0.239. The average molecular weight is 383 g/mol.